The summed E-state index contributed by atoms with van der Waals surface area (Å²) in [6.07, 6.45) is 0. The van der Waals surface area contributed by atoms with Crippen molar-refractivity contribution < 1.29 is 9.59 Å². The fraction of sp³-hybridized carbons (Fsp3) is 0.167. The molecule has 23 heavy (non-hydrogen) atoms. The topological polar surface area (TPSA) is 70.0 Å². The highest BCUT2D eigenvalue weighted by molar-refractivity contribution is 7.99. The fourth-order valence-electron chi connectivity index (χ4n) is 2.02. The number of nitriles is 1. The number of Topliss-reactive ketones (excluding diaryl/α,β-unsaturated/α-hetero) is 1. The molecule has 0 unspecified atom stereocenters. The molecule has 0 aliphatic rings. The molecule has 0 aliphatic heterocycles. The van der Waals surface area contributed by atoms with Crippen LogP contribution >= 0.6 is 11.8 Å². The van der Waals surface area contributed by atoms with Crippen LogP contribution in [-0.2, 0) is 10.5 Å². The minimum atomic E-state index is -0.134. The van der Waals surface area contributed by atoms with E-state index in [4.69, 9.17) is 5.26 Å². The number of ketones is 1. The number of hydrogen-bond donors (Lipinski definition) is 1. The molecule has 0 saturated carbocycles. The van der Waals surface area contributed by atoms with Crippen LogP contribution in [-0.4, -0.2) is 17.4 Å². The van der Waals surface area contributed by atoms with Crippen LogP contribution in [0.1, 0.15) is 28.4 Å². The van der Waals surface area contributed by atoms with Crippen LogP contribution < -0.4 is 5.32 Å². The molecule has 0 bridgehead atoms. The second-order valence-corrected chi connectivity index (χ2v) is 5.93. The molecule has 1 N–H and O–H groups in total. The predicted octanol–water partition coefficient (Wildman–Crippen LogP) is 3.63. The molecule has 0 atom stereocenters. The van der Waals surface area contributed by atoms with Gasteiger partial charge in [-0.3, -0.25) is 9.59 Å². The summed E-state index contributed by atoms with van der Waals surface area (Å²) in [4.78, 5) is 23.3. The Balaban J connectivity index is 1.87. The number of hydrogen-bond acceptors (Lipinski definition) is 4. The standard InChI is InChI=1S/C18H16N2O2S/c1-13(21)14-7-4-8-17(9-14)20-18(22)12-23-11-16-6-3-2-5-15(16)10-19/h2-9H,11-12H2,1H3,(H,20,22). The summed E-state index contributed by atoms with van der Waals surface area (Å²) >= 11 is 1.44. The Morgan fingerprint density at radius 2 is 1.96 bits per heavy atom. The Hall–Kier alpha value is -2.58. The second kappa shape index (κ2) is 8.16. The maximum Gasteiger partial charge on any atom is 0.234 e. The fourth-order valence-corrected chi connectivity index (χ4v) is 2.85. The van der Waals surface area contributed by atoms with Crippen molar-refractivity contribution in [3.8, 4) is 6.07 Å². The molecule has 2 rings (SSSR count). The van der Waals surface area contributed by atoms with Crippen molar-refractivity contribution in [2.24, 2.45) is 0 Å². The summed E-state index contributed by atoms with van der Waals surface area (Å²) in [5.41, 5.74) is 2.74. The molecule has 0 fully saturated rings. The lowest BCUT2D eigenvalue weighted by Crippen LogP contribution is -2.14. The molecule has 0 aliphatic carbocycles. The molecule has 0 radical (unpaired) electrons. The number of thioether (sulfide) groups is 1. The largest absolute Gasteiger partial charge is 0.325 e. The highest BCUT2D eigenvalue weighted by Crippen LogP contribution is 2.17. The number of nitrogens with one attached hydrogen (secondary N) is 1. The Morgan fingerprint density at radius 3 is 2.70 bits per heavy atom. The summed E-state index contributed by atoms with van der Waals surface area (Å²) in [5.74, 6) is 0.711. The molecule has 2 aromatic rings. The van der Waals surface area contributed by atoms with Gasteiger partial charge in [0.2, 0.25) is 5.91 Å². The van der Waals surface area contributed by atoms with Crippen LogP contribution in [0.4, 0.5) is 5.69 Å². The number of carbonyl (C=O) groups excluding carboxylic acids is 2. The molecular formula is C18H16N2O2S. The zero-order chi connectivity index (χ0) is 16.7. The Morgan fingerprint density at radius 1 is 1.17 bits per heavy atom. The first-order valence-electron chi connectivity index (χ1n) is 7.07. The molecule has 2 aromatic carbocycles. The van der Waals surface area contributed by atoms with Crippen molar-refractivity contribution in [1.29, 1.82) is 5.26 Å². The van der Waals surface area contributed by atoms with Crippen molar-refractivity contribution in [3.63, 3.8) is 0 Å². The van der Waals surface area contributed by atoms with Crippen molar-refractivity contribution in [2.75, 3.05) is 11.1 Å². The number of anilines is 1. The van der Waals surface area contributed by atoms with E-state index in [9.17, 15) is 9.59 Å². The van der Waals surface area contributed by atoms with E-state index in [0.29, 0.717) is 22.6 Å². The molecular weight excluding hydrogens is 308 g/mol. The SMILES string of the molecule is CC(=O)c1cccc(NC(=O)CSCc2ccccc2C#N)c1. The summed E-state index contributed by atoms with van der Waals surface area (Å²) in [5, 5.41) is 11.8. The van der Waals surface area contributed by atoms with E-state index in [1.165, 1.54) is 18.7 Å². The van der Waals surface area contributed by atoms with Crippen molar-refractivity contribution >= 4 is 29.1 Å². The van der Waals surface area contributed by atoms with E-state index in [1.807, 2.05) is 18.2 Å². The molecule has 0 aromatic heterocycles. The van der Waals surface area contributed by atoms with Gasteiger partial charge < -0.3 is 5.32 Å². The average Bonchev–Trinajstić information content (AvgIpc) is 2.55. The first kappa shape index (κ1) is 16.8. The van der Waals surface area contributed by atoms with Gasteiger partial charge in [0.25, 0.3) is 0 Å². The van der Waals surface area contributed by atoms with Gasteiger partial charge in [0.05, 0.1) is 17.4 Å². The first-order chi connectivity index (χ1) is 11.1. The highest BCUT2D eigenvalue weighted by Gasteiger charge is 2.06. The third-order valence-electron chi connectivity index (χ3n) is 3.18. The lowest BCUT2D eigenvalue weighted by Gasteiger charge is -2.07. The second-order valence-electron chi connectivity index (χ2n) is 4.95. The van der Waals surface area contributed by atoms with Crippen molar-refractivity contribution in [1.82, 2.24) is 0 Å². The van der Waals surface area contributed by atoms with Gasteiger partial charge in [-0.2, -0.15) is 5.26 Å². The Bertz CT molecular complexity index is 766. The minimum absolute atomic E-state index is 0.0383. The normalized spacial score (nSPS) is 9.91. The third-order valence-corrected chi connectivity index (χ3v) is 4.16. The van der Waals surface area contributed by atoms with E-state index in [-0.39, 0.29) is 17.4 Å². The van der Waals surface area contributed by atoms with Crippen LogP contribution in [0.3, 0.4) is 0 Å². The van der Waals surface area contributed by atoms with Crippen molar-refractivity contribution in [2.45, 2.75) is 12.7 Å². The first-order valence-corrected chi connectivity index (χ1v) is 8.22. The van der Waals surface area contributed by atoms with E-state index >= 15 is 0 Å². The molecule has 0 saturated heterocycles. The monoisotopic (exact) mass is 324 g/mol. The van der Waals surface area contributed by atoms with Gasteiger partial charge in [0.1, 0.15) is 0 Å². The molecule has 1 amide bonds. The van der Waals surface area contributed by atoms with Crippen molar-refractivity contribution in [3.05, 3.63) is 65.2 Å². The highest BCUT2D eigenvalue weighted by atomic mass is 32.2. The van der Waals surface area contributed by atoms with Crippen LogP contribution in [0.25, 0.3) is 0 Å². The number of carbonyl (C=O) groups is 2. The van der Waals surface area contributed by atoms with Crippen LogP contribution in [0.15, 0.2) is 48.5 Å². The number of amides is 1. The molecule has 116 valence electrons. The van der Waals surface area contributed by atoms with E-state index in [2.05, 4.69) is 11.4 Å². The number of rotatable bonds is 6. The summed E-state index contributed by atoms with van der Waals surface area (Å²) in [6.45, 7) is 1.49. The number of benzene rings is 2. The maximum atomic E-state index is 12.0. The van der Waals surface area contributed by atoms with E-state index in [1.54, 1.807) is 30.3 Å². The van der Waals surface area contributed by atoms with Crippen LogP contribution in [0.2, 0.25) is 0 Å². The molecule has 5 heteroatoms. The van der Waals surface area contributed by atoms with E-state index < -0.39 is 0 Å². The van der Waals surface area contributed by atoms with Gasteiger partial charge >= 0.3 is 0 Å². The zero-order valence-corrected chi connectivity index (χ0v) is 13.5. The Labute approximate surface area is 139 Å². The van der Waals surface area contributed by atoms with Gasteiger partial charge in [0.15, 0.2) is 5.78 Å². The third kappa shape index (κ3) is 4.97. The molecule has 0 spiro atoms. The lowest BCUT2D eigenvalue weighted by molar-refractivity contribution is -0.113. The summed E-state index contributed by atoms with van der Waals surface area (Å²) in [6, 6.07) is 16.4. The number of nitrogens with zero attached hydrogens (tertiary/aromatic N) is 1. The van der Waals surface area contributed by atoms with Gasteiger partial charge in [-0.15, -0.1) is 11.8 Å². The maximum absolute atomic E-state index is 12.0. The van der Waals surface area contributed by atoms with Crippen LogP contribution in [0, 0.1) is 11.3 Å². The predicted molar refractivity (Wildman–Crippen MR) is 92.4 cm³/mol. The zero-order valence-electron chi connectivity index (χ0n) is 12.7. The quantitative estimate of drug-likeness (QED) is 0.824. The molecule has 4 nitrogen and oxygen atoms in total. The van der Waals surface area contributed by atoms with Gasteiger partial charge in [-0.05, 0) is 30.7 Å². The molecule has 0 heterocycles. The van der Waals surface area contributed by atoms with Gasteiger partial charge in [-0.1, -0.05) is 30.3 Å². The lowest BCUT2D eigenvalue weighted by atomic mass is 10.1. The van der Waals surface area contributed by atoms with E-state index in [0.717, 1.165) is 5.56 Å². The van der Waals surface area contributed by atoms with Crippen LogP contribution in [0.5, 0.6) is 0 Å². The van der Waals surface area contributed by atoms with Gasteiger partial charge in [-0.25, -0.2) is 0 Å². The smallest absolute Gasteiger partial charge is 0.234 e. The van der Waals surface area contributed by atoms with Gasteiger partial charge in [0, 0.05) is 17.0 Å². The summed E-state index contributed by atoms with van der Waals surface area (Å²) < 4.78 is 0. The average molecular weight is 324 g/mol. The minimum Gasteiger partial charge on any atom is -0.325 e. The summed E-state index contributed by atoms with van der Waals surface area (Å²) in [7, 11) is 0. The Kier molecular flexibility index (Phi) is 5.95.